The van der Waals surface area contributed by atoms with Crippen LogP contribution in [0.3, 0.4) is 0 Å². The molecule has 1 aromatic carbocycles. The molecule has 1 heterocycles. The molecule has 8 heteroatoms. The number of halogens is 4. The van der Waals surface area contributed by atoms with E-state index in [1.165, 1.54) is 13.0 Å². The molecule has 0 unspecified atom stereocenters. The first-order valence-electron chi connectivity index (χ1n) is 5.68. The Balaban J connectivity index is 3.06. The van der Waals surface area contributed by atoms with Crippen molar-refractivity contribution in [2.24, 2.45) is 0 Å². The van der Waals surface area contributed by atoms with Gasteiger partial charge in [0, 0.05) is 15.3 Å². The van der Waals surface area contributed by atoms with Gasteiger partial charge in [0.25, 0.3) is 5.56 Å². The second kappa shape index (κ2) is 5.38. The molecule has 2 rings (SSSR count). The fourth-order valence-electron chi connectivity index (χ4n) is 2.09. The number of rotatable bonds is 2. The summed E-state index contributed by atoms with van der Waals surface area (Å²) in [5.74, 6) is -0.518. The molecule has 112 valence electrons. The van der Waals surface area contributed by atoms with Crippen molar-refractivity contribution in [3.8, 4) is 0 Å². The smallest absolute Gasteiger partial charge is 0.321 e. The fourth-order valence-corrected chi connectivity index (χ4v) is 3.13. The standard InChI is InChI=1S/C13H9ClF3NO2S/c1-5(19)9-11(21-2)7-3-6(14)4-8(13(15,16)17)10(7)18-12(9)20/h3-4H,1-2H3,(H,18,20). The van der Waals surface area contributed by atoms with Crippen LogP contribution < -0.4 is 5.56 Å². The quantitative estimate of drug-likeness (QED) is 0.663. The second-order valence-corrected chi connectivity index (χ2v) is 5.55. The highest BCUT2D eigenvalue weighted by molar-refractivity contribution is 7.99. The van der Waals surface area contributed by atoms with Gasteiger partial charge in [-0.25, -0.2) is 0 Å². The first-order valence-corrected chi connectivity index (χ1v) is 7.28. The number of hydrogen-bond acceptors (Lipinski definition) is 3. The van der Waals surface area contributed by atoms with Gasteiger partial charge in [0.05, 0.1) is 16.6 Å². The highest BCUT2D eigenvalue weighted by Gasteiger charge is 2.34. The van der Waals surface area contributed by atoms with Gasteiger partial charge in [-0.05, 0) is 25.3 Å². The summed E-state index contributed by atoms with van der Waals surface area (Å²) in [5.41, 5.74) is -2.41. The maximum atomic E-state index is 13.1. The van der Waals surface area contributed by atoms with Crippen LogP contribution in [0.4, 0.5) is 13.2 Å². The number of hydrogen-bond donors (Lipinski definition) is 1. The Morgan fingerprint density at radius 3 is 2.43 bits per heavy atom. The zero-order chi connectivity index (χ0) is 15.9. The Labute approximate surface area is 126 Å². The summed E-state index contributed by atoms with van der Waals surface area (Å²) in [6.45, 7) is 1.19. The van der Waals surface area contributed by atoms with Gasteiger partial charge in [-0.2, -0.15) is 13.2 Å². The third-order valence-corrected chi connectivity index (χ3v) is 3.95. The predicted molar refractivity (Wildman–Crippen MR) is 76.4 cm³/mol. The van der Waals surface area contributed by atoms with Crippen molar-refractivity contribution in [1.29, 1.82) is 0 Å². The van der Waals surface area contributed by atoms with Crippen LogP contribution in [0.25, 0.3) is 10.9 Å². The highest BCUT2D eigenvalue weighted by atomic mass is 35.5. The molecule has 0 spiro atoms. The Kier molecular flexibility index (Phi) is 4.08. The zero-order valence-corrected chi connectivity index (χ0v) is 12.5. The summed E-state index contributed by atoms with van der Waals surface area (Å²) in [4.78, 5) is 25.8. The molecule has 0 bridgehead atoms. The van der Waals surface area contributed by atoms with Gasteiger partial charge in [-0.3, -0.25) is 9.59 Å². The Hall–Kier alpha value is -1.47. The largest absolute Gasteiger partial charge is 0.418 e. The molecule has 0 fully saturated rings. The van der Waals surface area contributed by atoms with E-state index in [9.17, 15) is 22.8 Å². The molecule has 0 saturated heterocycles. The van der Waals surface area contributed by atoms with Crippen LogP contribution >= 0.6 is 23.4 Å². The van der Waals surface area contributed by atoms with Gasteiger partial charge >= 0.3 is 6.18 Å². The van der Waals surface area contributed by atoms with Gasteiger partial charge in [-0.15, -0.1) is 11.8 Å². The van der Waals surface area contributed by atoms with Crippen LogP contribution in [0.15, 0.2) is 21.8 Å². The minimum Gasteiger partial charge on any atom is -0.321 e. The van der Waals surface area contributed by atoms with Crippen molar-refractivity contribution in [3.05, 3.63) is 38.6 Å². The molecule has 21 heavy (non-hydrogen) atoms. The molecule has 0 aliphatic heterocycles. The maximum absolute atomic E-state index is 13.1. The molecule has 0 atom stereocenters. The Bertz CT molecular complexity index is 799. The van der Waals surface area contributed by atoms with E-state index < -0.39 is 23.1 Å². The van der Waals surface area contributed by atoms with E-state index in [4.69, 9.17) is 11.6 Å². The minimum atomic E-state index is -4.67. The maximum Gasteiger partial charge on any atom is 0.418 e. The van der Waals surface area contributed by atoms with Gasteiger partial charge in [-0.1, -0.05) is 11.6 Å². The lowest BCUT2D eigenvalue weighted by molar-refractivity contribution is -0.136. The third kappa shape index (κ3) is 2.80. The summed E-state index contributed by atoms with van der Waals surface area (Å²) in [6.07, 6.45) is -3.09. The fraction of sp³-hybridized carbons (Fsp3) is 0.231. The number of carbonyl (C=O) groups excluding carboxylic acids is 1. The number of benzene rings is 1. The lowest BCUT2D eigenvalue weighted by atomic mass is 10.1. The number of Topliss-reactive ketones (excluding diaryl/α,β-unsaturated/α-hetero) is 1. The van der Waals surface area contributed by atoms with E-state index in [0.717, 1.165) is 17.8 Å². The number of nitrogens with one attached hydrogen (secondary N) is 1. The number of fused-ring (bicyclic) bond motifs is 1. The number of carbonyl (C=O) groups is 1. The number of alkyl halides is 3. The van der Waals surface area contributed by atoms with Crippen molar-refractivity contribution in [3.63, 3.8) is 0 Å². The third-order valence-electron chi connectivity index (χ3n) is 2.90. The van der Waals surface area contributed by atoms with Crippen LogP contribution in [-0.2, 0) is 6.18 Å². The van der Waals surface area contributed by atoms with Crippen LogP contribution in [0.5, 0.6) is 0 Å². The van der Waals surface area contributed by atoms with Gasteiger partial charge in [0.15, 0.2) is 5.78 Å². The van der Waals surface area contributed by atoms with E-state index in [2.05, 4.69) is 4.98 Å². The second-order valence-electron chi connectivity index (χ2n) is 4.29. The molecule has 1 N–H and O–H groups in total. The molecule has 0 aliphatic rings. The first-order chi connectivity index (χ1) is 9.66. The summed E-state index contributed by atoms with van der Waals surface area (Å²) in [7, 11) is 0. The molecule has 1 aromatic heterocycles. The van der Waals surface area contributed by atoms with Crippen molar-refractivity contribution in [2.45, 2.75) is 18.0 Å². The average Bonchev–Trinajstić information content (AvgIpc) is 2.35. The number of thioether (sulfide) groups is 1. The Morgan fingerprint density at radius 1 is 1.33 bits per heavy atom. The van der Waals surface area contributed by atoms with Crippen molar-refractivity contribution >= 4 is 40.0 Å². The average molecular weight is 336 g/mol. The monoisotopic (exact) mass is 335 g/mol. The highest BCUT2D eigenvalue weighted by Crippen LogP contribution is 2.38. The van der Waals surface area contributed by atoms with Gasteiger partial charge < -0.3 is 4.98 Å². The topological polar surface area (TPSA) is 49.9 Å². The number of pyridine rings is 1. The molecule has 0 amide bonds. The minimum absolute atomic E-state index is 0.104. The Morgan fingerprint density at radius 2 is 1.95 bits per heavy atom. The molecular formula is C13H9ClF3NO2S. The molecule has 2 aromatic rings. The van der Waals surface area contributed by atoms with E-state index in [1.54, 1.807) is 6.26 Å². The predicted octanol–water partition coefficient (Wildman–Crippen LogP) is 4.12. The summed E-state index contributed by atoms with van der Waals surface area (Å²) in [6, 6.07) is 2.05. The molecular weight excluding hydrogens is 327 g/mol. The number of H-pyrrole nitrogens is 1. The van der Waals surface area contributed by atoms with Crippen LogP contribution in [-0.4, -0.2) is 17.0 Å². The summed E-state index contributed by atoms with van der Waals surface area (Å²) in [5, 5.41) is -0.0150. The van der Waals surface area contributed by atoms with E-state index in [-0.39, 0.29) is 26.4 Å². The molecule has 3 nitrogen and oxygen atoms in total. The lowest BCUT2D eigenvalue weighted by Crippen LogP contribution is -2.19. The molecule has 0 saturated carbocycles. The van der Waals surface area contributed by atoms with Crippen LogP contribution in [0.2, 0.25) is 5.02 Å². The molecule has 0 aliphatic carbocycles. The van der Waals surface area contributed by atoms with E-state index in [0.29, 0.717) is 0 Å². The van der Waals surface area contributed by atoms with E-state index in [1.807, 2.05) is 0 Å². The van der Waals surface area contributed by atoms with E-state index >= 15 is 0 Å². The van der Waals surface area contributed by atoms with Gasteiger partial charge in [0.1, 0.15) is 0 Å². The zero-order valence-electron chi connectivity index (χ0n) is 10.9. The number of ketones is 1. The van der Waals surface area contributed by atoms with Gasteiger partial charge in [0.2, 0.25) is 0 Å². The van der Waals surface area contributed by atoms with Crippen molar-refractivity contribution in [1.82, 2.24) is 4.98 Å². The summed E-state index contributed by atoms with van der Waals surface area (Å²) < 4.78 is 39.2. The lowest BCUT2D eigenvalue weighted by Gasteiger charge is -2.14. The van der Waals surface area contributed by atoms with Crippen molar-refractivity contribution < 1.29 is 18.0 Å². The molecule has 0 radical (unpaired) electrons. The first kappa shape index (κ1) is 15.9. The van der Waals surface area contributed by atoms with Crippen LogP contribution in [0, 0.1) is 0 Å². The van der Waals surface area contributed by atoms with Crippen molar-refractivity contribution in [2.75, 3.05) is 6.26 Å². The summed E-state index contributed by atoms with van der Waals surface area (Å²) >= 11 is 6.77. The number of aromatic amines is 1. The number of aromatic nitrogens is 1. The van der Waals surface area contributed by atoms with Crippen LogP contribution in [0.1, 0.15) is 22.8 Å². The normalized spacial score (nSPS) is 11.9. The SMILES string of the molecule is CSc1c(C(C)=O)c(=O)[nH]c2c(C(F)(F)F)cc(Cl)cc12.